The van der Waals surface area contributed by atoms with Gasteiger partial charge in [0.05, 0.1) is 34.9 Å². The Kier molecular flexibility index (Phi) is 5.03. The second kappa shape index (κ2) is 7.82. The van der Waals surface area contributed by atoms with Gasteiger partial charge in [-0.25, -0.2) is 23.2 Å². The van der Waals surface area contributed by atoms with E-state index in [-0.39, 0.29) is 22.8 Å². The predicted octanol–water partition coefficient (Wildman–Crippen LogP) is 3.45. The minimum absolute atomic E-state index is 0.0354. The van der Waals surface area contributed by atoms with Crippen molar-refractivity contribution < 1.29 is 27.9 Å². The maximum Gasteiger partial charge on any atom is 0.335 e. The quantitative estimate of drug-likeness (QED) is 0.427. The number of nitrogens with zero attached hydrogens (tertiary/aromatic N) is 4. The number of rotatable bonds is 6. The number of aromatic nitrogens is 5. The normalized spacial score (nSPS) is 11.1. The number of alkyl halides is 2. The lowest BCUT2D eigenvalue weighted by molar-refractivity contribution is 0.0696. The van der Waals surface area contributed by atoms with Gasteiger partial charge in [-0.15, -0.1) is 0 Å². The molecule has 158 valence electrons. The van der Waals surface area contributed by atoms with Gasteiger partial charge in [0.25, 0.3) is 12.3 Å². The Hall–Kier alpha value is -4.35. The third kappa shape index (κ3) is 3.90. The number of carboxylic acids is 1. The van der Waals surface area contributed by atoms with Gasteiger partial charge in [0.1, 0.15) is 6.26 Å². The van der Waals surface area contributed by atoms with Crippen molar-refractivity contribution in [2.75, 3.05) is 5.32 Å². The van der Waals surface area contributed by atoms with Gasteiger partial charge in [0, 0.05) is 5.69 Å². The minimum Gasteiger partial charge on any atom is -0.478 e. The Morgan fingerprint density at radius 2 is 2.00 bits per heavy atom. The molecule has 4 rings (SSSR count). The van der Waals surface area contributed by atoms with E-state index in [1.165, 1.54) is 36.7 Å². The molecule has 0 bridgehead atoms. The number of carboxylic acid groups (broad SMARTS) is 1. The molecule has 0 radical (unpaired) electrons. The molecule has 4 aromatic rings. The zero-order valence-electron chi connectivity index (χ0n) is 15.8. The first kappa shape index (κ1) is 19.9. The van der Waals surface area contributed by atoms with Gasteiger partial charge >= 0.3 is 5.97 Å². The number of halogens is 2. The summed E-state index contributed by atoms with van der Waals surface area (Å²) in [4.78, 5) is 27.5. The van der Waals surface area contributed by atoms with Crippen molar-refractivity contribution >= 4 is 17.6 Å². The molecule has 0 unspecified atom stereocenters. The van der Waals surface area contributed by atoms with Crippen LogP contribution in [0.15, 0.2) is 47.3 Å². The number of aryl methyl sites for hydroxylation is 1. The summed E-state index contributed by atoms with van der Waals surface area (Å²) >= 11 is 0. The van der Waals surface area contributed by atoms with Crippen molar-refractivity contribution in [3.8, 4) is 17.1 Å². The first-order valence-corrected chi connectivity index (χ1v) is 8.82. The summed E-state index contributed by atoms with van der Waals surface area (Å²) in [6, 6.07) is 5.45. The fraction of sp³-hybridized carbons (Fsp3) is 0.105. The molecule has 0 saturated heterocycles. The van der Waals surface area contributed by atoms with Crippen LogP contribution in [0.5, 0.6) is 0 Å². The van der Waals surface area contributed by atoms with E-state index in [9.17, 15) is 18.4 Å². The zero-order valence-corrected chi connectivity index (χ0v) is 15.8. The number of benzene rings is 1. The Morgan fingerprint density at radius 1 is 1.26 bits per heavy atom. The monoisotopic (exact) mass is 428 g/mol. The van der Waals surface area contributed by atoms with E-state index in [2.05, 4.69) is 25.6 Å². The Balaban J connectivity index is 1.59. The molecule has 0 aliphatic rings. The highest BCUT2D eigenvalue weighted by Crippen LogP contribution is 2.28. The van der Waals surface area contributed by atoms with E-state index in [0.29, 0.717) is 16.9 Å². The first-order chi connectivity index (χ1) is 14.8. The highest BCUT2D eigenvalue weighted by molar-refractivity contribution is 6.03. The van der Waals surface area contributed by atoms with Crippen LogP contribution in [-0.4, -0.2) is 41.9 Å². The number of oxazole rings is 1. The third-order valence-electron chi connectivity index (χ3n) is 4.37. The lowest BCUT2D eigenvalue weighted by Crippen LogP contribution is -2.13. The van der Waals surface area contributed by atoms with Gasteiger partial charge in [-0.05, 0) is 31.2 Å². The zero-order chi connectivity index (χ0) is 22.1. The van der Waals surface area contributed by atoms with Crippen LogP contribution >= 0.6 is 0 Å². The smallest absolute Gasteiger partial charge is 0.335 e. The van der Waals surface area contributed by atoms with Gasteiger partial charge in [-0.2, -0.15) is 10.2 Å². The summed E-state index contributed by atoms with van der Waals surface area (Å²) < 4.78 is 33.3. The largest absolute Gasteiger partial charge is 0.478 e. The standard InChI is InChI=1S/C19H14F2N6O4/c1-9-12(6-22-25-9)18-24-14(8-31-18)17(28)23-13-7-27(26-15(13)16(20)21)11-4-2-10(3-5-11)19(29)30/h2-8,16H,1H3,(H,22,25)(H,23,28)(H,29,30). The second-order valence-electron chi connectivity index (χ2n) is 6.43. The number of nitrogens with one attached hydrogen (secondary N) is 2. The fourth-order valence-electron chi connectivity index (χ4n) is 2.79. The number of hydrogen-bond acceptors (Lipinski definition) is 6. The molecule has 1 amide bonds. The molecule has 10 nitrogen and oxygen atoms in total. The lowest BCUT2D eigenvalue weighted by Gasteiger charge is -2.02. The fourth-order valence-corrected chi connectivity index (χ4v) is 2.79. The molecule has 3 N–H and O–H groups in total. The average molecular weight is 428 g/mol. The summed E-state index contributed by atoms with van der Waals surface area (Å²) in [6.45, 7) is 1.75. The van der Waals surface area contributed by atoms with Crippen LogP contribution in [0.2, 0.25) is 0 Å². The second-order valence-corrected chi connectivity index (χ2v) is 6.43. The van der Waals surface area contributed by atoms with Crippen molar-refractivity contribution in [1.82, 2.24) is 25.0 Å². The molecule has 3 aromatic heterocycles. The van der Waals surface area contributed by atoms with Crippen LogP contribution in [0.25, 0.3) is 17.1 Å². The summed E-state index contributed by atoms with van der Waals surface area (Å²) in [5, 5.41) is 21.7. The molecule has 0 aliphatic heterocycles. The van der Waals surface area contributed by atoms with Crippen molar-refractivity contribution in [2.24, 2.45) is 0 Å². The molecule has 31 heavy (non-hydrogen) atoms. The van der Waals surface area contributed by atoms with E-state index in [0.717, 1.165) is 10.9 Å². The third-order valence-corrected chi connectivity index (χ3v) is 4.37. The van der Waals surface area contributed by atoms with Gasteiger partial charge in [0.2, 0.25) is 5.89 Å². The van der Waals surface area contributed by atoms with Gasteiger partial charge in [-0.3, -0.25) is 9.89 Å². The minimum atomic E-state index is -2.96. The number of aromatic amines is 1. The van der Waals surface area contributed by atoms with Gasteiger partial charge in [0.15, 0.2) is 11.4 Å². The average Bonchev–Trinajstić information content (AvgIpc) is 3.47. The molecular weight excluding hydrogens is 414 g/mol. The van der Waals surface area contributed by atoms with E-state index < -0.39 is 24.0 Å². The summed E-state index contributed by atoms with van der Waals surface area (Å²) in [6.07, 6.45) is 0.832. The number of carbonyl (C=O) groups excluding carboxylic acids is 1. The van der Waals surface area contributed by atoms with Crippen molar-refractivity contribution in [3.63, 3.8) is 0 Å². The maximum absolute atomic E-state index is 13.5. The number of anilines is 1. The molecule has 0 atom stereocenters. The van der Waals surface area contributed by atoms with E-state index in [4.69, 9.17) is 9.52 Å². The molecule has 3 heterocycles. The van der Waals surface area contributed by atoms with Gasteiger partial charge < -0.3 is 14.8 Å². The van der Waals surface area contributed by atoms with Gasteiger partial charge in [-0.1, -0.05) is 0 Å². The molecule has 0 spiro atoms. The topological polar surface area (TPSA) is 139 Å². The molecular formula is C19H14F2N6O4. The van der Waals surface area contributed by atoms with E-state index >= 15 is 0 Å². The van der Waals surface area contributed by atoms with Crippen LogP contribution in [0.4, 0.5) is 14.5 Å². The summed E-state index contributed by atoms with van der Waals surface area (Å²) in [5.74, 6) is -1.73. The predicted molar refractivity (Wildman–Crippen MR) is 102 cm³/mol. The van der Waals surface area contributed by atoms with Crippen molar-refractivity contribution in [2.45, 2.75) is 13.3 Å². The number of aromatic carboxylic acids is 1. The SMILES string of the molecule is Cc1[nH]ncc1-c1nc(C(=O)Nc2cn(-c3ccc(C(=O)O)cc3)nc2C(F)F)co1. The Morgan fingerprint density at radius 3 is 2.61 bits per heavy atom. The highest BCUT2D eigenvalue weighted by Gasteiger charge is 2.23. The van der Waals surface area contributed by atoms with E-state index in [1.807, 2.05) is 0 Å². The molecule has 1 aromatic carbocycles. The summed E-state index contributed by atoms with van der Waals surface area (Å²) in [7, 11) is 0. The molecule has 0 aliphatic carbocycles. The van der Waals surface area contributed by atoms with Crippen molar-refractivity contribution in [1.29, 1.82) is 0 Å². The Labute approximate surface area is 172 Å². The van der Waals surface area contributed by atoms with Crippen LogP contribution < -0.4 is 5.32 Å². The number of amides is 1. The lowest BCUT2D eigenvalue weighted by atomic mass is 10.2. The number of carbonyl (C=O) groups is 2. The van der Waals surface area contributed by atoms with Crippen molar-refractivity contribution in [3.05, 3.63) is 65.6 Å². The summed E-state index contributed by atoms with van der Waals surface area (Å²) in [5.41, 5.74) is 0.638. The van der Waals surface area contributed by atoms with E-state index in [1.54, 1.807) is 6.92 Å². The number of H-pyrrole nitrogens is 1. The first-order valence-electron chi connectivity index (χ1n) is 8.82. The maximum atomic E-state index is 13.5. The molecule has 12 heteroatoms. The van der Waals surface area contributed by atoms with Crippen LogP contribution in [-0.2, 0) is 0 Å². The molecule has 0 fully saturated rings. The number of hydrogen-bond donors (Lipinski definition) is 3. The van der Waals surface area contributed by atoms with Crippen LogP contribution in [0.1, 0.15) is 38.7 Å². The molecule has 0 saturated carbocycles. The highest BCUT2D eigenvalue weighted by atomic mass is 19.3. The van der Waals surface area contributed by atoms with Crippen LogP contribution in [0, 0.1) is 6.92 Å². The Bertz CT molecular complexity index is 1260. The van der Waals surface area contributed by atoms with Crippen LogP contribution in [0.3, 0.4) is 0 Å².